The Bertz CT molecular complexity index is 382. The molecule has 1 aromatic rings. The highest BCUT2D eigenvalue weighted by Gasteiger charge is 2.14. The SMILES string of the molecule is O=C(CCC1CCCCC1)Nc1ccc(F)cc1. The van der Waals surface area contributed by atoms with Crippen molar-refractivity contribution in [2.75, 3.05) is 5.32 Å². The van der Waals surface area contributed by atoms with Gasteiger partial charge < -0.3 is 5.32 Å². The molecule has 1 aliphatic rings. The lowest BCUT2D eigenvalue weighted by molar-refractivity contribution is -0.116. The highest BCUT2D eigenvalue weighted by molar-refractivity contribution is 5.90. The Morgan fingerprint density at radius 3 is 2.50 bits per heavy atom. The number of anilines is 1. The fraction of sp³-hybridized carbons (Fsp3) is 0.533. The highest BCUT2D eigenvalue weighted by Crippen LogP contribution is 2.27. The van der Waals surface area contributed by atoms with E-state index in [1.165, 1.54) is 44.2 Å². The molecule has 0 atom stereocenters. The van der Waals surface area contributed by atoms with Crippen molar-refractivity contribution in [2.45, 2.75) is 44.9 Å². The van der Waals surface area contributed by atoms with Crippen LogP contribution in [0.5, 0.6) is 0 Å². The fourth-order valence-electron chi connectivity index (χ4n) is 2.57. The summed E-state index contributed by atoms with van der Waals surface area (Å²) in [6.45, 7) is 0. The quantitative estimate of drug-likeness (QED) is 0.854. The molecule has 0 radical (unpaired) electrons. The third kappa shape index (κ3) is 4.13. The summed E-state index contributed by atoms with van der Waals surface area (Å²) < 4.78 is 12.7. The smallest absolute Gasteiger partial charge is 0.224 e. The van der Waals surface area contributed by atoms with E-state index in [0.717, 1.165) is 12.3 Å². The molecule has 2 rings (SSSR count). The minimum atomic E-state index is -0.282. The third-order valence-electron chi connectivity index (χ3n) is 3.63. The van der Waals surface area contributed by atoms with Crippen LogP contribution in [0, 0.1) is 11.7 Å². The molecule has 0 spiro atoms. The van der Waals surface area contributed by atoms with E-state index in [4.69, 9.17) is 0 Å². The van der Waals surface area contributed by atoms with Crippen LogP contribution < -0.4 is 5.32 Å². The first-order valence-electron chi connectivity index (χ1n) is 6.79. The van der Waals surface area contributed by atoms with Crippen LogP contribution >= 0.6 is 0 Å². The van der Waals surface area contributed by atoms with Gasteiger partial charge in [-0.25, -0.2) is 4.39 Å². The van der Waals surface area contributed by atoms with Gasteiger partial charge in [0, 0.05) is 12.1 Å². The van der Waals surface area contributed by atoms with Crippen molar-refractivity contribution in [3.05, 3.63) is 30.1 Å². The second-order valence-corrected chi connectivity index (χ2v) is 5.10. The average molecular weight is 249 g/mol. The van der Waals surface area contributed by atoms with E-state index in [2.05, 4.69) is 5.32 Å². The maximum atomic E-state index is 12.7. The van der Waals surface area contributed by atoms with Crippen molar-refractivity contribution in [1.82, 2.24) is 0 Å². The Hall–Kier alpha value is -1.38. The van der Waals surface area contributed by atoms with Crippen molar-refractivity contribution >= 4 is 11.6 Å². The van der Waals surface area contributed by atoms with Gasteiger partial charge in [-0.05, 0) is 36.6 Å². The summed E-state index contributed by atoms with van der Waals surface area (Å²) >= 11 is 0. The van der Waals surface area contributed by atoms with Gasteiger partial charge in [0.25, 0.3) is 0 Å². The summed E-state index contributed by atoms with van der Waals surface area (Å²) in [5.74, 6) is 0.472. The molecule has 0 unspecified atom stereocenters. The molecule has 0 saturated heterocycles. The van der Waals surface area contributed by atoms with E-state index in [1.807, 2.05) is 0 Å². The number of nitrogens with one attached hydrogen (secondary N) is 1. The van der Waals surface area contributed by atoms with Crippen LogP contribution in [0.3, 0.4) is 0 Å². The summed E-state index contributed by atoms with van der Waals surface area (Å²) in [7, 11) is 0. The van der Waals surface area contributed by atoms with Crippen LogP contribution in [-0.2, 0) is 4.79 Å². The van der Waals surface area contributed by atoms with Gasteiger partial charge in [-0.2, -0.15) is 0 Å². The molecule has 0 heterocycles. The minimum absolute atomic E-state index is 0.0344. The normalized spacial score (nSPS) is 16.5. The average Bonchev–Trinajstić information content (AvgIpc) is 2.40. The van der Waals surface area contributed by atoms with E-state index in [-0.39, 0.29) is 11.7 Å². The maximum Gasteiger partial charge on any atom is 0.224 e. The van der Waals surface area contributed by atoms with E-state index >= 15 is 0 Å². The van der Waals surface area contributed by atoms with Crippen molar-refractivity contribution in [1.29, 1.82) is 0 Å². The molecule has 3 heteroatoms. The highest BCUT2D eigenvalue weighted by atomic mass is 19.1. The molecule has 1 aromatic carbocycles. The first-order valence-corrected chi connectivity index (χ1v) is 6.79. The van der Waals surface area contributed by atoms with Gasteiger partial charge in [0.1, 0.15) is 5.82 Å². The first kappa shape index (κ1) is 13.1. The van der Waals surface area contributed by atoms with Gasteiger partial charge >= 0.3 is 0 Å². The Balaban J connectivity index is 1.73. The lowest BCUT2D eigenvalue weighted by Crippen LogP contribution is -2.14. The van der Waals surface area contributed by atoms with E-state index < -0.39 is 0 Å². The minimum Gasteiger partial charge on any atom is -0.326 e. The zero-order valence-electron chi connectivity index (χ0n) is 10.6. The van der Waals surface area contributed by atoms with Crippen LogP contribution in [-0.4, -0.2) is 5.91 Å². The summed E-state index contributed by atoms with van der Waals surface area (Å²) in [6.07, 6.45) is 8.05. The predicted molar refractivity (Wildman–Crippen MR) is 70.8 cm³/mol. The number of rotatable bonds is 4. The second-order valence-electron chi connectivity index (χ2n) is 5.10. The Morgan fingerprint density at radius 2 is 1.83 bits per heavy atom. The summed E-state index contributed by atoms with van der Waals surface area (Å²) in [5, 5.41) is 2.80. The van der Waals surface area contributed by atoms with Crippen molar-refractivity contribution in [3.63, 3.8) is 0 Å². The molecule has 1 saturated carbocycles. The Morgan fingerprint density at radius 1 is 1.17 bits per heavy atom. The molecule has 1 N–H and O–H groups in total. The molecule has 1 amide bonds. The number of benzene rings is 1. The number of hydrogen-bond donors (Lipinski definition) is 1. The van der Waals surface area contributed by atoms with Gasteiger partial charge in [-0.15, -0.1) is 0 Å². The topological polar surface area (TPSA) is 29.1 Å². The molecule has 18 heavy (non-hydrogen) atoms. The maximum absolute atomic E-state index is 12.7. The molecular weight excluding hydrogens is 229 g/mol. The van der Waals surface area contributed by atoms with Gasteiger partial charge in [0.2, 0.25) is 5.91 Å². The summed E-state index contributed by atoms with van der Waals surface area (Å²) in [6, 6.07) is 5.90. The van der Waals surface area contributed by atoms with Crippen LogP contribution in [0.15, 0.2) is 24.3 Å². The standard InChI is InChI=1S/C15H20FNO/c16-13-7-9-14(10-8-13)17-15(18)11-6-12-4-2-1-3-5-12/h7-10,12H,1-6,11H2,(H,17,18). The lowest BCUT2D eigenvalue weighted by Gasteiger charge is -2.20. The van der Waals surface area contributed by atoms with Crippen LogP contribution in [0.25, 0.3) is 0 Å². The summed E-state index contributed by atoms with van der Waals surface area (Å²) in [5.41, 5.74) is 0.671. The molecule has 1 fully saturated rings. The molecule has 0 aliphatic heterocycles. The molecule has 98 valence electrons. The van der Waals surface area contributed by atoms with Crippen molar-refractivity contribution in [3.8, 4) is 0 Å². The number of halogens is 1. The van der Waals surface area contributed by atoms with E-state index in [1.54, 1.807) is 12.1 Å². The molecule has 0 aromatic heterocycles. The molecule has 2 nitrogen and oxygen atoms in total. The monoisotopic (exact) mass is 249 g/mol. The van der Waals surface area contributed by atoms with Gasteiger partial charge in [-0.1, -0.05) is 32.1 Å². The van der Waals surface area contributed by atoms with Gasteiger partial charge in [0.05, 0.1) is 0 Å². The zero-order valence-corrected chi connectivity index (χ0v) is 10.6. The number of carbonyl (C=O) groups is 1. The predicted octanol–water partition coefficient (Wildman–Crippen LogP) is 4.12. The zero-order chi connectivity index (χ0) is 12.8. The van der Waals surface area contributed by atoms with Gasteiger partial charge in [-0.3, -0.25) is 4.79 Å². The van der Waals surface area contributed by atoms with Crippen molar-refractivity contribution < 1.29 is 9.18 Å². The number of amides is 1. The molecule has 1 aliphatic carbocycles. The van der Waals surface area contributed by atoms with Crippen LogP contribution in [0.4, 0.5) is 10.1 Å². The van der Waals surface area contributed by atoms with Crippen LogP contribution in [0.2, 0.25) is 0 Å². The Labute approximate surface area is 108 Å². The van der Waals surface area contributed by atoms with Gasteiger partial charge in [0.15, 0.2) is 0 Å². The molecular formula is C15H20FNO. The van der Waals surface area contributed by atoms with E-state index in [9.17, 15) is 9.18 Å². The van der Waals surface area contributed by atoms with Crippen molar-refractivity contribution in [2.24, 2.45) is 5.92 Å². The fourth-order valence-corrected chi connectivity index (χ4v) is 2.57. The van der Waals surface area contributed by atoms with Crippen LogP contribution in [0.1, 0.15) is 44.9 Å². The number of carbonyl (C=O) groups excluding carboxylic acids is 1. The second kappa shape index (κ2) is 6.53. The first-order chi connectivity index (χ1) is 8.74. The summed E-state index contributed by atoms with van der Waals surface area (Å²) in [4.78, 5) is 11.7. The van der Waals surface area contributed by atoms with E-state index in [0.29, 0.717) is 12.1 Å². The third-order valence-corrected chi connectivity index (χ3v) is 3.63. The Kier molecular flexibility index (Phi) is 4.73. The lowest BCUT2D eigenvalue weighted by atomic mass is 9.86. The number of hydrogen-bond acceptors (Lipinski definition) is 1. The molecule has 0 bridgehead atoms. The largest absolute Gasteiger partial charge is 0.326 e.